The SMILES string of the molecule is NC(=O)c1nn(-c2ncnc3c2CCC3)cc1N. The van der Waals surface area contributed by atoms with E-state index >= 15 is 0 Å². The molecule has 3 rings (SSSR count). The Morgan fingerprint density at radius 3 is 2.89 bits per heavy atom. The topological polar surface area (TPSA) is 113 Å². The van der Waals surface area contributed by atoms with Crippen LogP contribution in [-0.2, 0) is 12.8 Å². The number of carbonyl (C=O) groups excluding carboxylic acids is 1. The Morgan fingerprint density at radius 2 is 2.17 bits per heavy atom. The normalized spacial score (nSPS) is 13.6. The number of nitrogens with two attached hydrogens (primary N) is 2. The van der Waals surface area contributed by atoms with Crippen LogP contribution in [0.2, 0.25) is 0 Å². The molecule has 1 amide bonds. The number of hydrogen-bond donors (Lipinski definition) is 2. The highest BCUT2D eigenvalue weighted by Crippen LogP contribution is 2.24. The van der Waals surface area contributed by atoms with Gasteiger partial charge in [0.2, 0.25) is 0 Å². The number of aromatic nitrogens is 4. The van der Waals surface area contributed by atoms with Crippen molar-refractivity contribution in [2.45, 2.75) is 19.3 Å². The summed E-state index contributed by atoms with van der Waals surface area (Å²) in [6.45, 7) is 0. The van der Waals surface area contributed by atoms with Gasteiger partial charge < -0.3 is 11.5 Å². The lowest BCUT2D eigenvalue weighted by atomic mass is 10.2. The lowest BCUT2D eigenvalue weighted by Gasteiger charge is -2.05. The van der Waals surface area contributed by atoms with Gasteiger partial charge in [-0.15, -0.1) is 0 Å². The van der Waals surface area contributed by atoms with Crippen LogP contribution in [0.3, 0.4) is 0 Å². The largest absolute Gasteiger partial charge is 0.396 e. The fourth-order valence-electron chi connectivity index (χ4n) is 2.23. The summed E-state index contributed by atoms with van der Waals surface area (Å²) < 4.78 is 1.50. The average molecular weight is 244 g/mol. The summed E-state index contributed by atoms with van der Waals surface area (Å²) in [5, 5.41) is 4.08. The second-order valence-corrected chi connectivity index (χ2v) is 4.22. The molecule has 7 heteroatoms. The summed E-state index contributed by atoms with van der Waals surface area (Å²) in [5.41, 5.74) is 13.3. The Bertz CT molecular complexity index is 632. The van der Waals surface area contributed by atoms with E-state index in [9.17, 15) is 4.79 Å². The minimum atomic E-state index is -0.642. The Morgan fingerprint density at radius 1 is 1.33 bits per heavy atom. The fourth-order valence-corrected chi connectivity index (χ4v) is 2.23. The van der Waals surface area contributed by atoms with Gasteiger partial charge in [-0.1, -0.05) is 0 Å². The lowest BCUT2D eigenvalue weighted by Crippen LogP contribution is -2.14. The molecule has 0 unspecified atom stereocenters. The van der Waals surface area contributed by atoms with Crippen LogP contribution in [0, 0.1) is 0 Å². The molecule has 4 N–H and O–H groups in total. The van der Waals surface area contributed by atoms with Crippen LogP contribution >= 0.6 is 0 Å². The summed E-state index contributed by atoms with van der Waals surface area (Å²) >= 11 is 0. The summed E-state index contributed by atoms with van der Waals surface area (Å²) in [4.78, 5) is 19.6. The number of amides is 1. The van der Waals surface area contributed by atoms with E-state index in [4.69, 9.17) is 11.5 Å². The van der Waals surface area contributed by atoms with E-state index < -0.39 is 5.91 Å². The molecule has 0 aromatic carbocycles. The molecule has 2 aromatic heterocycles. The third kappa shape index (κ3) is 1.52. The molecule has 0 atom stereocenters. The molecule has 7 nitrogen and oxygen atoms in total. The van der Waals surface area contributed by atoms with E-state index in [1.165, 1.54) is 11.0 Å². The number of fused-ring (bicyclic) bond motifs is 1. The lowest BCUT2D eigenvalue weighted by molar-refractivity contribution is 0.0996. The van der Waals surface area contributed by atoms with Crippen molar-refractivity contribution in [3.05, 3.63) is 29.5 Å². The summed E-state index contributed by atoms with van der Waals surface area (Å²) in [7, 11) is 0. The monoisotopic (exact) mass is 244 g/mol. The molecular formula is C11H12N6O. The van der Waals surface area contributed by atoms with E-state index in [2.05, 4.69) is 15.1 Å². The third-order valence-corrected chi connectivity index (χ3v) is 3.05. The molecule has 0 spiro atoms. The van der Waals surface area contributed by atoms with E-state index in [0.29, 0.717) is 5.82 Å². The van der Waals surface area contributed by atoms with Gasteiger partial charge in [0.15, 0.2) is 11.5 Å². The van der Waals surface area contributed by atoms with Gasteiger partial charge in [0.25, 0.3) is 5.91 Å². The first kappa shape index (κ1) is 10.7. The molecular weight excluding hydrogens is 232 g/mol. The summed E-state index contributed by atoms with van der Waals surface area (Å²) in [6.07, 6.45) is 5.98. The molecule has 0 bridgehead atoms. The minimum Gasteiger partial charge on any atom is -0.396 e. The third-order valence-electron chi connectivity index (χ3n) is 3.05. The second kappa shape index (κ2) is 3.80. The van der Waals surface area contributed by atoms with Gasteiger partial charge in [-0.3, -0.25) is 4.79 Å². The molecule has 0 saturated heterocycles. The van der Waals surface area contributed by atoms with Gasteiger partial charge in [0.05, 0.1) is 11.9 Å². The smallest absolute Gasteiger partial charge is 0.271 e. The second-order valence-electron chi connectivity index (χ2n) is 4.22. The van der Waals surface area contributed by atoms with Gasteiger partial charge in [-0.25, -0.2) is 14.6 Å². The summed E-state index contributed by atoms with van der Waals surface area (Å²) in [5.74, 6) is 0.0358. The molecule has 1 aliphatic carbocycles. The first-order chi connectivity index (χ1) is 8.66. The first-order valence-electron chi connectivity index (χ1n) is 5.65. The Hall–Kier alpha value is -2.44. The van der Waals surface area contributed by atoms with Crippen LogP contribution in [-0.4, -0.2) is 25.7 Å². The molecule has 0 radical (unpaired) electrons. The minimum absolute atomic E-state index is 0.0698. The molecule has 1 aliphatic rings. The van der Waals surface area contributed by atoms with Gasteiger partial charge in [-0.2, -0.15) is 5.10 Å². The van der Waals surface area contributed by atoms with Crippen molar-refractivity contribution in [2.24, 2.45) is 5.73 Å². The zero-order chi connectivity index (χ0) is 12.7. The van der Waals surface area contributed by atoms with Crippen molar-refractivity contribution in [3.63, 3.8) is 0 Å². The number of primary amides is 1. The van der Waals surface area contributed by atoms with Crippen molar-refractivity contribution in [3.8, 4) is 5.82 Å². The number of nitrogen functional groups attached to an aromatic ring is 1. The van der Waals surface area contributed by atoms with Crippen LogP contribution in [0.5, 0.6) is 0 Å². The number of carbonyl (C=O) groups is 1. The van der Waals surface area contributed by atoms with Crippen molar-refractivity contribution >= 4 is 11.6 Å². The van der Waals surface area contributed by atoms with E-state index in [1.807, 2.05) is 0 Å². The number of anilines is 1. The Kier molecular flexibility index (Phi) is 2.26. The maximum atomic E-state index is 11.1. The van der Waals surface area contributed by atoms with Crippen molar-refractivity contribution in [2.75, 3.05) is 5.73 Å². The standard InChI is InChI=1S/C11H12N6O/c12-7-4-17(16-9(7)10(13)18)11-6-2-1-3-8(6)14-5-15-11/h4-5H,1-3,12H2,(H2,13,18). The zero-order valence-corrected chi connectivity index (χ0v) is 9.63. The maximum absolute atomic E-state index is 11.1. The fraction of sp³-hybridized carbons (Fsp3) is 0.273. The molecule has 0 fully saturated rings. The first-order valence-corrected chi connectivity index (χ1v) is 5.65. The van der Waals surface area contributed by atoms with E-state index in [-0.39, 0.29) is 11.4 Å². The summed E-state index contributed by atoms with van der Waals surface area (Å²) in [6, 6.07) is 0. The van der Waals surface area contributed by atoms with Crippen LogP contribution in [0.15, 0.2) is 12.5 Å². The molecule has 92 valence electrons. The Balaban J connectivity index is 2.13. The highest BCUT2D eigenvalue weighted by Gasteiger charge is 2.20. The quantitative estimate of drug-likeness (QED) is 0.761. The van der Waals surface area contributed by atoms with Gasteiger partial charge in [-0.05, 0) is 19.3 Å². The molecule has 0 aliphatic heterocycles. The van der Waals surface area contributed by atoms with Gasteiger partial charge >= 0.3 is 0 Å². The van der Waals surface area contributed by atoms with Gasteiger partial charge in [0, 0.05) is 11.3 Å². The van der Waals surface area contributed by atoms with Crippen LogP contribution in [0.1, 0.15) is 28.2 Å². The van der Waals surface area contributed by atoms with Crippen molar-refractivity contribution in [1.82, 2.24) is 19.7 Å². The highest BCUT2D eigenvalue weighted by molar-refractivity contribution is 5.95. The van der Waals surface area contributed by atoms with Crippen molar-refractivity contribution in [1.29, 1.82) is 0 Å². The molecule has 2 heterocycles. The number of rotatable bonds is 2. The number of nitrogens with zero attached hydrogens (tertiary/aromatic N) is 4. The number of hydrogen-bond acceptors (Lipinski definition) is 5. The molecule has 0 saturated carbocycles. The number of aryl methyl sites for hydroxylation is 1. The predicted octanol–water partition coefficient (Wildman–Crippen LogP) is -0.168. The van der Waals surface area contributed by atoms with Crippen molar-refractivity contribution < 1.29 is 4.79 Å². The van der Waals surface area contributed by atoms with Crippen LogP contribution < -0.4 is 11.5 Å². The highest BCUT2D eigenvalue weighted by atomic mass is 16.1. The Labute approximate surface area is 103 Å². The van der Waals surface area contributed by atoms with E-state index in [0.717, 1.165) is 30.5 Å². The predicted molar refractivity (Wildman–Crippen MR) is 64.1 cm³/mol. The van der Waals surface area contributed by atoms with Crippen LogP contribution in [0.25, 0.3) is 5.82 Å². The van der Waals surface area contributed by atoms with Crippen LogP contribution in [0.4, 0.5) is 5.69 Å². The molecule has 2 aromatic rings. The average Bonchev–Trinajstić information content (AvgIpc) is 2.94. The maximum Gasteiger partial charge on any atom is 0.271 e. The van der Waals surface area contributed by atoms with E-state index in [1.54, 1.807) is 6.20 Å². The van der Waals surface area contributed by atoms with Gasteiger partial charge in [0.1, 0.15) is 6.33 Å². The zero-order valence-electron chi connectivity index (χ0n) is 9.63. The molecule has 18 heavy (non-hydrogen) atoms.